The van der Waals surface area contributed by atoms with E-state index in [1.54, 1.807) is 11.8 Å². The highest BCUT2D eigenvalue weighted by atomic mass is 32.2. The van der Waals surface area contributed by atoms with E-state index in [4.69, 9.17) is 5.26 Å². The van der Waals surface area contributed by atoms with Crippen LogP contribution in [0.25, 0.3) is 0 Å². The molecule has 1 heterocycles. The van der Waals surface area contributed by atoms with Gasteiger partial charge in [0.25, 0.3) is 5.91 Å². The van der Waals surface area contributed by atoms with Gasteiger partial charge in [0.15, 0.2) is 0 Å². The van der Waals surface area contributed by atoms with Gasteiger partial charge in [-0.2, -0.15) is 5.26 Å². The summed E-state index contributed by atoms with van der Waals surface area (Å²) >= 11 is 1.61. The molecule has 0 spiro atoms. The summed E-state index contributed by atoms with van der Waals surface area (Å²) in [5.74, 6) is 0.128. The van der Waals surface area contributed by atoms with Crippen molar-refractivity contribution in [1.82, 2.24) is 9.80 Å². The van der Waals surface area contributed by atoms with Gasteiger partial charge in [0, 0.05) is 37.6 Å². The molecule has 1 amide bonds. The lowest BCUT2D eigenvalue weighted by Gasteiger charge is -2.35. The van der Waals surface area contributed by atoms with E-state index in [2.05, 4.69) is 11.0 Å². The van der Waals surface area contributed by atoms with Crippen LogP contribution in [-0.2, 0) is 6.54 Å². The maximum absolute atomic E-state index is 12.8. The summed E-state index contributed by atoms with van der Waals surface area (Å²) in [5.41, 5.74) is 2.69. The smallest absolute Gasteiger partial charge is 0.255 e. The van der Waals surface area contributed by atoms with Crippen molar-refractivity contribution >= 4 is 17.7 Å². The molecule has 0 N–H and O–H groups in total. The lowest BCUT2D eigenvalue weighted by Crippen LogP contribution is -2.48. The van der Waals surface area contributed by atoms with E-state index in [1.165, 1.54) is 5.56 Å². The van der Waals surface area contributed by atoms with Crippen molar-refractivity contribution in [2.75, 3.05) is 32.4 Å². The van der Waals surface area contributed by atoms with Crippen LogP contribution in [0.15, 0.2) is 53.4 Å². The Bertz CT molecular complexity index is 774. The maximum Gasteiger partial charge on any atom is 0.255 e. The van der Waals surface area contributed by atoms with Gasteiger partial charge in [-0.25, -0.2) is 0 Å². The van der Waals surface area contributed by atoms with Gasteiger partial charge in [-0.1, -0.05) is 24.3 Å². The number of nitriles is 1. The van der Waals surface area contributed by atoms with Gasteiger partial charge in [-0.3, -0.25) is 9.69 Å². The molecule has 0 atom stereocenters. The fraction of sp³-hybridized carbons (Fsp3) is 0.300. The second kappa shape index (κ2) is 8.19. The van der Waals surface area contributed by atoms with Crippen molar-refractivity contribution in [3.63, 3.8) is 0 Å². The van der Waals surface area contributed by atoms with Crippen molar-refractivity contribution in [2.45, 2.75) is 11.4 Å². The average Bonchev–Trinajstić information content (AvgIpc) is 2.68. The van der Waals surface area contributed by atoms with Crippen LogP contribution >= 0.6 is 11.8 Å². The summed E-state index contributed by atoms with van der Waals surface area (Å²) < 4.78 is 0. The van der Waals surface area contributed by atoms with Crippen LogP contribution in [0.1, 0.15) is 21.5 Å². The van der Waals surface area contributed by atoms with Crippen LogP contribution in [0, 0.1) is 11.3 Å². The predicted octanol–water partition coefficient (Wildman–Crippen LogP) is 3.24. The number of thioether (sulfide) groups is 1. The monoisotopic (exact) mass is 351 g/mol. The zero-order valence-electron chi connectivity index (χ0n) is 14.3. The maximum atomic E-state index is 12.8. The molecule has 0 saturated carbocycles. The number of hydrogen-bond donors (Lipinski definition) is 0. The lowest BCUT2D eigenvalue weighted by atomic mass is 10.1. The lowest BCUT2D eigenvalue weighted by molar-refractivity contribution is 0.0625. The topological polar surface area (TPSA) is 47.3 Å². The number of rotatable bonds is 4. The highest BCUT2D eigenvalue weighted by Gasteiger charge is 2.23. The second-order valence-corrected chi connectivity index (χ2v) is 6.93. The van der Waals surface area contributed by atoms with Gasteiger partial charge in [-0.15, -0.1) is 11.8 Å². The third-order valence-electron chi connectivity index (χ3n) is 4.49. The molecule has 3 rings (SSSR count). The van der Waals surface area contributed by atoms with Crippen LogP contribution < -0.4 is 0 Å². The molecular formula is C20H21N3OS. The van der Waals surface area contributed by atoms with Crippen LogP contribution in [0.2, 0.25) is 0 Å². The standard InChI is InChI=1S/C20H21N3OS/c1-25-19-5-3-2-4-18(19)20(24)23-12-10-22(11-13-23)15-17-8-6-16(14-21)7-9-17/h2-9H,10-13,15H2,1H3. The average molecular weight is 351 g/mol. The first-order chi connectivity index (χ1) is 12.2. The van der Waals surface area contributed by atoms with E-state index in [9.17, 15) is 4.79 Å². The van der Waals surface area contributed by atoms with Gasteiger partial charge in [0.05, 0.1) is 17.2 Å². The van der Waals surface area contributed by atoms with Crippen molar-refractivity contribution in [1.29, 1.82) is 5.26 Å². The first kappa shape index (κ1) is 17.5. The van der Waals surface area contributed by atoms with E-state index in [1.807, 2.05) is 59.7 Å². The first-order valence-corrected chi connectivity index (χ1v) is 9.57. The van der Waals surface area contributed by atoms with Crippen LogP contribution in [-0.4, -0.2) is 48.1 Å². The highest BCUT2D eigenvalue weighted by molar-refractivity contribution is 7.98. The van der Waals surface area contributed by atoms with Crippen LogP contribution in [0.4, 0.5) is 0 Å². The third kappa shape index (κ3) is 4.22. The second-order valence-electron chi connectivity index (χ2n) is 6.08. The van der Waals surface area contributed by atoms with E-state index in [0.717, 1.165) is 43.2 Å². The fourth-order valence-corrected chi connectivity index (χ4v) is 3.63. The van der Waals surface area contributed by atoms with Gasteiger partial charge < -0.3 is 4.90 Å². The fourth-order valence-electron chi connectivity index (χ4n) is 3.04. The molecule has 1 aliphatic rings. The van der Waals surface area contributed by atoms with Crippen LogP contribution in [0.5, 0.6) is 0 Å². The predicted molar refractivity (Wildman–Crippen MR) is 101 cm³/mol. The minimum atomic E-state index is 0.128. The van der Waals surface area contributed by atoms with Crippen molar-refractivity contribution < 1.29 is 4.79 Å². The Morgan fingerprint density at radius 3 is 2.40 bits per heavy atom. The number of benzene rings is 2. The molecule has 1 saturated heterocycles. The first-order valence-electron chi connectivity index (χ1n) is 8.35. The Kier molecular flexibility index (Phi) is 5.75. The summed E-state index contributed by atoms with van der Waals surface area (Å²) in [6.45, 7) is 4.09. The van der Waals surface area contributed by atoms with E-state index < -0.39 is 0 Å². The zero-order chi connectivity index (χ0) is 17.6. The summed E-state index contributed by atoms with van der Waals surface area (Å²) in [6, 6.07) is 17.7. The normalized spacial score (nSPS) is 15.0. The molecule has 0 aromatic heterocycles. The third-order valence-corrected chi connectivity index (χ3v) is 5.28. The number of nitrogens with zero attached hydrogens (tertiary/aromatic N) is 3. The number of carbonyl (C=O) groups excluding carboxylic acids is 1. The summed E-state index contributed by atoms with van der Waals surface area (Å²) in [7, 11) is 0. The Balaban J connectivity index is 1.58. The highest BCUT2D eigenvalue weighted by Crippen LogP contribution is 2.22. The largest absolute Gasteiger partial charge is 0.336 e. The number of piperazine rings is 1. The number of hydrogen-bond acceptors (Lipinski definition) is 4. The van der Waals surface area contributed by atoms with E-state index in [0.29, 0.717) is 5.56 Å². The van der Waals surface area contributed by atoms with Gasteiger partial charge in [0.1, 0.15) is 0 Å². The molecule has 5 heteroatoms. The number of carbonyl (C=O) groups is 1. The molecule has 2 aromatic carbocycles. The molecule has 25 heavy (non-hydrogen) atoms. The Morgan fingerprint density at radius 1 is 1.08 bits per heavy atom. The molecule has 0 bridgehead atoms. The molecule has 4 nitrogen and oxygen atoms in total. The van der Waals surface area contributed by atoms with Gasteiger partial charge in [-0.05, 0) is 36.1 Å². The molecule has 1 fully saturated rings. The van der Waals surface area contributed by atoms with Crippen molar-refractivity contribution in [2.24, 2.45) is 0 Å². The summed E-state index contributed by atoms with van der Waals surface area (Å²) in [4.78, 5) is 18.1. The number of amides is 1. The van der Waals surface area contributed by atoms with Crippen molar-refractivity contribution in [3.8, 4) is 6.07 Å². The minimum absolute atomic E-state index is 0.128. The quantitative estimate of drug-likeness (QED) is 0.794. The molecule has 0 unspecified atom stereocenters. The molecular weight excluding hydrogens is 330 g/mol. The minimum Gasteiger partial charge on any atom is -0.336 e. The Labute approximate surface area is 153 Å². The Hall–Kier alpha value is -2.29. The SMILES string of the molecule is CSc1ccccc1C(=O)N1CCN(Cc2ccc(C#N)cc2)CC1. The zero-order valence-corrected chi connectivity index (χ0v) is 15.1. The summed E-state index contributed by atoms with van der Waals surface area (Å²) in [6.07, 6.45) is 2.00. The molecule has 1 aliphatic heterocycles. The Morgan fingerprint density at radius 2 is 1.76 bits per heavy atom. The van der Waals surface area contributed by atoms with E-state index >= 15 is 0 Å². The van der Waals surface area contributed by atoms with Crippen molar-refractivity contribution in [3.05, 3.63) is 65.2 Å². The molecule has 128 valence electrons. The van der Waals surface area contributed by atoms with E-state index in [-0.39, 0.29) is 5.91 Å². The molecule has 0 radical (unpaired) electrons. The molecule has 0 aliphatic carbocycles. The van der Waals surface area contributed by atoms with Crippen LogP contribution in [0.3, 0.4) is 0 Å². The summed E-state index contributed by atoms with van der Waals surface area (Å²) in [5, 5.41) is 8.86. The van der Waals surface area contributed by atoms with Gasteiger partial charge in [0.2, 0.25) is 0 Å². The van der Waals surface area contributed by atoms with Gasteiger partial charge >= 0.3 is 0 Å². The molecule has 2 aromatic rings.